The zero-order valence-corrected chi connectivity index (χ0v) is 10.1. The van der Waals surface area contributed by atoms with Crippen molar-refractivity contribution < 1.29 is 19.4 Å². The van der Waals surface area contributed by atoms with Crippen LogP contribution in [0.5, 0.6) is 0 Å². The van der Waals surface area contributed by atoms with Crippen molar-refractivity contribution in [2.75, 3.05) is 0 Å². The molecule has 1 aliphatic rings. The van der Waals surface area contributed by atoms with Gasteiger partial charge in [-0.3, -0.25) is 4.79 Å². The van der Waals surface area contributed by atoms with Crippen LogP contribution in [0.15, 0.2) is 11.3 Å². The highest BCUT2D eigenvalue weighted by atomic mass is 16.5. The minimum Gasteiger partial charge on any atom is -0.511 e. The fraction of sp³-hybridized carbons (Fsp3) is 0.667. The minimum atomic E-state index is -0.701. The summed E-state index contributed by atoms with van der Waals surface area (Å²) in [6.45, 7) is 7.03. The van der Waals surface area contributed by atoms with Crippen molar-refractivity contribution >= 4 is 11.8 Å². The molecule has 1 rings (SSSR count). The lowest BCUT2D eigenvalue weighted by Crippen LogP contribution is -2.39. The summed E-state index contributed by atoms with van der Waals surface area (Å²) in [4.78, 5) is 23.5. The summed E-state index contributed by atoms with van der Waals surface area (Å²) >= 11 is 0. The van der Waals surface area contributed by atoms with Crippen molar-refractivity contribution in [2.24, 2.45) is 11.8 Å². The number of hydrogen-bond donors (Lipinski definition) is 1. The number of carbonyl (C=O) groups excluding carboxylic acids is 2. The van der Waals surface area contributed by atoms with Crippen molar-refractivity contribution in [2.45, 2.75) is 40.2 Å². The molecule has 3 atom stereocenters. The molecule has 0 bridgehead atoms. The number of cyclic esters (lactones) is 1. The van der Waals surface area contributed by atoms with Crippen LogP contribution in [-0.4, -0.2) is 23.0 Å². The molecule has 0 aromatic rings. The standard InChI is InChI=1S/C12H18O4/c1-5-6(2)10(13)9-11(14)7(3)8(4)16-12(9)15/h6-8,13H,5H2,1-4H3/b10-9+/t6-,7+,8+/m0/s1. The van der Waals surface area contributed by atoms with Crippen LogP contribution < -0.4 is 0 Å². The van der Waals surface area contributed by atoms with Gasteiger partial charge in [0.1, 0.15) is 17.4 Å². The van der Waals surface area contributed by atoms with Gasteiger partial charge in [-0.1, -0.05) is 20.8 Å². The predicted octanol–water partition coefficient (Wildman–Crippen LogP) is 2.00. The number of Topliss-reactive ketones (excluding diaryl/α,β-unsaturated/α-hetero) is 1. The summed E-state index contributed by atoms with van der Waals surface area (Å²) in [5, 5.41) is 9.85. The predicted molar refractivity (Wildman–Crippen MR) is 58.8 cm³/mol. The number of hydrogen-bond acceptors (Lipinski definition) is 4. The third-order valence-electron chi connectivity index (χ3n) is 3.20. The SMILES string of the molecule is CC[C@H](C)/C(O)=C1\C(=O)O[C@H](C)[C@@H](C)C1=O. The second-order valence-corrected chi connectivity index (χ2v) is 4.33. The maximum atomic E-state index is 11.9. The zero-order chi connectivity index (χ0) is 12.5. The summed E-state index contributed by atoms with van der Waals surface area (Å²) < 4.78 is 5.02. The Morgan fingerprint density at radius 1 is 1.44 bits per heavy atom. The monoisotopic (exact) mass is 226 g/mol. The van der Waals surface area contributed by atoms with E-state index in [1.807, 2.05) is 6.92 Å². The molecule has 0 amide bonds. The number of ether oxygens (including phenoxy) is 1. The molecule has 0 spiro atoms. The van der Waals surface area contributed by atoms with Gasteiger partial charge < -0.3 is 9.84 Å². The van der Waals surface area contributed by atoms with Gasteiger partial charge in [0, 0.05) is 5.92 Å². The van der Waals surface area contributed by atoms with Crippen molar-refractivity contribution in [1.82, 2.24) is 0 Å². The van der Waals surface area contributed by atoms with Crippen LogP contribution in [0.1, 0.15) is 34.1 Å². The average molecular weight is 226 g/mol. The number of esters is 1. The van der Waals surface area contributed by atoms with Crippen LogP contribution in [0.2, 0.25) is 0 Å². The van der Waals surface area contributed by atoms with Crippen molar-refractivity contribution in [1.29, 1.82) is 0 Å². The maximum absolute atomic E-state index is 11.9. The van der Waals surface area contributed by atoms with Gasteiger partial charge in [0.25, 0.3) is 0 Å². The molecule has 1 N–H and O–H groups in total. The zero-order valence-electron chi connectivity index (χ0n) is 10.1. The first-order chi connectivity index (χ1) is 7.40. The fourth-order valence-electron chi connectivity index (χ4n) is 1.54. The molecular weight excluding hydrogens is 208 g/mol. The molecule has 1 aliphatic heterocycles. The largest absolute Gasteiger partial charge is 0.511 e. The number of carbonyl (C=O) groups is 2. The van der Waals surface area contributed by atoms with Crippen LogP contribution in [-0.2, 0) is 14.3 Å². The van der Waals surface area contributed by atoms with Gasteiger partial charge in [-0.15, -0.1) is 0 Å². The Labute approximate surface area is 95.3 Å². The highest BCUT2D eigenvalue weighted by molar-refractivity contribution is 6.20. The molecule has 0 radical (unpaired) electrons. The number of allylic oxidation sites excluding steroid dienone is 1. The van der Waals surface area contributed by atoms with E-state index in [1.165, 1.54) is 0 Å². The second-order valence-electron chi connectivity index (χ2n) is 4.33. The quantitative estimate of drug-likeness (QED) is 0.338. The topological polar surface area (TPSA) is 63.6 Å². The summed E-state index contributed by atoms with van der Waals surface area (Å²) in [7, 11) is 0. The molecule has 90 valence electrons. The van der Waals surface area contributed by atoms with Gasteiger partial charge in [0.05, 0.1) is 5.92 Å². The van der Waals surface area contributed by atoms with E-state index in [-0.39, 0.29) is 29.0 Å². The van der Waals surface area contributed by atoms with Gasteiger partial charge in [-0.25, -0.2) is 4.79 Å². The number of ketones is 1. The molecule has 1 heterocycles. The van der Waals surface area contributed by atoms with Gasteiger partial charge >= 0.3 is 5.97 Å². The van der Waals surface area contributed by atoms with E-state index in [0.717, 1.165) is 0 Å². The third kappa shape index (κ3) is 2.10. The Morgan fingerprint density at radius 2 is 2.00 bits per heavy atom. The van der Waals surface area contributed by atoms with Crippen molar-refractivity contribution in [3.05, 3.63) is 11.3 Å². The molecule has 0 unspecified atom stereocenters. The maximum Gasteiger partial charge on any atom is 0.345 e. The lowest BCUT2D eigenvalue weighted by atomic mass is 9.89. The molecule has 4 nitrogen and oxygen atoms in total. The Hall–Kier alpha value is -1.32. The summed E-state index contributed by atoms with van der Waals surface area (Å²) in [5.74, 6) is -1.75. The first-order valence-corrected chi connectivity index (χ1v) is 5.58. The first kappa shape index (κ1) is 12.7. The van der Waals surface area contributed by atoms with Gasteiger partial charge in [-0.05, 0) is 13.3 Å². The molecule has 0 saturated carbocycles. The Balaban J connectivity index is 3.12. The molecule has 16 heavy (non-hydrogen) atoms. The van der Waals surface area contributed by atoms with E-state index < -0.39 is 12.1 Å². The second kappa shape index (κ2) is 4.68. The Bertz CT molecular complexity index is 343. The highest BCUT2D eigenvalue weighted by Gasteiger charge is 2.39. The molecule has 0 aromatic carbocycles. The third-order valence-corrected chi connectivity index (χ3v) is 3.20. The van der Waals surface area contributed by atoms with Crippen LogP contribution in [0.3, 0.4) is 0 Å². The van der Waals surface area contributed by atoms with E-state index in [9.17, 15) is 14.7 Å². The van der Waals surface area contributed by atoms with Crippen LogP contribution in [0.4, 0.5) is 0 Å². The van der Waals surface area contributed by atoms with E-state index in [1.54, 1.807) is 20.8 Å². The Kier molecular flexibility index (Phi) is 3.73. The molecule has 0 aromatic heterocycles. The summed E-state index contributed by atoms with van der Waals surface area (Å²) in [5.41, 5.74) is -0.167. The van der Waals surface area contributed by atoms with E-state index in [0.29, 0.717) is 6.42 Å². The van der Waals surface area contributed by atoms with Crippen molar-refractivity contribution in [3.63, 3.8) is 0 Å². The number of aliphatic hydroxyl groups is 1. The lowest BCUT2D eigenvalue weighted by Gasteiger charge is -2.27. The average Bonchev–Trinajstić information content (AvgIpc) is 2.24. The minimum absolute atomic E-state index is 0.142. The lowest BCUT2D eigenvalue weighted by molar-refractivity contribution is -0.154. The van der Waals surface area contributed by atoms with Gasteiger partial charge in [0.15, 0.2) is 5.78 Å². The van der Waals surface area contributed by atoms with E-state index in [2.05, 4.69) is 0 Å². The first-order valence-electron chi connectivity index (χ1n) is 5.58. The summed E-state index contributed by atoms with van der Waals surface area (Å²) in [6.07, 6.45) is 0.244. The fourth-order valence-corrected chi connectivity index (χ4v) is 1.54. The van der Waals surface area contributed by atoms with E-state index >= 15 is 0 Å². The van der Waals surface area contributed by atoms with Crippen LogP contribution >= 0.6 is 0 Å². The Morgan fingerprint density at radius 3 is 2.50 bits per heavy atom. The van der Waals surface area contributed by atoms with Crippen LogP contribution in [0, 0.1) is 11.8 Å². The molecule has 1 fully saturated rings. The van der Waals surface area contributed by atoms with Gasteiger partial charge in [0.2, 0.25) is 0 Å². The normalized spacial score (nSPS) is 31.0. The van der Waals surface area contributed by atoms with Gasteiger partial charge in [-0.2, -0.15) is 0 Å². The highest BCUT2D eigenvalue weighted by Crippen LogP contribution is 2.26. The van der Waals surface area contributed by atoms with Crippen LogP contribution in [0.25, 0.3) is 0 Å². The van der Waals surface area contributed by atoms with E-state index in [4.69, 9.17) is 4.74 Å². The van der Waals surface area contributed by atoms with Crippen molar-refractivity contribution in [3.8, 4) is 0 Å². The molecule has 1 saturated heterocycles. The molecule has 4 heteroatoms. The number of aliphatic hydroxyl groups excluding tert-OH is 1. The number of rotatable bonds is 2. The molecule has 0 aliphatic carbocycles. The summed E-state index contributed by atoms with van der Waals surface area (Å²) in [6, 6.07) is 0. The smallest absolute Gasteiger partial charge is 0.345 e. The molecular formula is C12H18O4.